The first-order valence-corrected chi connectivity index (χ1v) is 5.60. The Hall–Kier alpha value is -1.82. The molecule has 16 heavy (non-hydrogen) atoms. The summed E-state index contributed by atoms with van der Waals surface area (Å²) >= 11 is 1.35. The van der Waals surface area contributed by atoms with E-state index in [2.05, 4.69) is 19.9 Å². The largest absolute Gasteiger partial charge is 0.320 e. The van der Waals surface area contributed by atoms with E-state index in [0.717, 1.165) is 11.3 Å². The van der Waals surface area contributed by atoms with Crippen LogP contribution in [0, 0.1) is 0 Å². The van der Waals surface area contributed by atoms with Gasteiger partial charge in [-0.15, -0.1) is 0 Å². The molecule has 0 aliphatic carbocycles. The number of hydrogen-bond acceptors (Lipinski definition) is 5. The smallest absolute Gasteiger partial charge is 0.258 e. The van der Waals surface area contributed by atoms with Gasteiger partial charge < -0.3 is 5.32 Å². The molecule has 0 unspecified atom stereocenters. The zero-order chi connectivity index (χ0) is 11.4. The van der Waals surface area contributed by atoms with Gasteiger partial charge in [0.15, 0.2) is 0 Å². The summed E-state index contributed by atoms with van der Waals surface area (Å²) in [5.41, 5.74) is 1.26. The third kappa shape index (κ3) is 2.22. The second-order valence-corrected chi connectivity index (χ2v) is 3.99. The lowest BCUT2D eigenvalue weighted by Crippen LogP contribution is -2.12. The first-order chi connectivity index (χ1) is 7.81. The van der Waals surface area contributed by atoms with E-state index < -0.39 is 0 Å². The normalized spacial score (nSPS) is 10.1. The number of aromatic nitrogens is 3. The molecule has 82 valence electrons. The highest BCUT2D eigenvalue weighted by Crippen LogP contribution is 2.15. The SMILES string of the molecule is CCc1sncc1C(=O)Nc1ccnnc1. The summed E-state index contributed by atoms with van der Waals surface area (Å²) in [6, 6.07) is 1.69. The average molecular weight is 234 g/mol. The standard InChI is InChI=1S/C10H10N4OS/c1-2-9-8(6-13-16-9)10(15)14-7-3-4-11-12-5-7/h3-6H,2H2,1H3,(H,11,14,15). The van der Waals surface area contributed by atoms with Crippen molar-refractivity contribution in [1.82, 2.24) is 14.6 Å². The number of rotatable bonds is 3. The van der Waals surface area contributed by atoms with Crippen LogP contribution < -0.4 is 5.32 Å². The van der Waals surface area contributed by atoms with Crippen molar-refractivity contribution in [3.63, 3.8) is 0 Å². The fourth-order valence-corrected chi connectivity index (χ4v) is 1.93. The number of nitrogens with zero attached hydrogens (tertiary/aromatic N) is 3. The van der Waals surface area contributed by atoms with Crippen molar-refractivity contribution in [1.29, 1.82) is 0 Å². The van der Waals surface area contributed by atoms with E-state index in [1.54, 1.807) is 12.3 Å². The molecular weight excluding hydrogens is 224 g/mol. The molecule has 1 N–H and O–H groups in total. The van der Waals surface area contributed by atoms with Gasteiger partial charge in [0.1, 0.15) is 0 Å². The van der Waals surface area contributed by atoms with Crippen molar-refractivity contribution in [2.24, 2.45) is 0 Å². The maximum atomic E-state index is 11.9. The Morgan fingerprint density at radius 3 is 3.00 bits per heavy atom. The second-order valence-electron chi connectivity index (χ2n) is 3.10. The first-order valence-electron chi connectivity index (χ1n) is 4.83. The summed E-state index contributed by atoms with van der Waals surface area (Å²) in [5, 5.41) is 10.1. The Morgan fingerprint density at radius 1 is 1.44 bits per heavy atom. The van der Waals surface area contributed by atoms with E-state index in [1.165, 1.54) is 23.9 Å². The van der Waals surface area contributed by atoms with Gasteiger partial charge in [-0.25, -0.2) is 4.37 Å². The Labute approximate surface area is 96.7 Å². The molecule has 5 nitrogen and oxygen atoms in total. The van der Waals surface area contributed by atoms with Crippen LogP contribution in [-0.2, 0) is 6.42 Å². The highest BCUT2D eigenvalue weighted by Gasteiger charge is 2.12. The number of amides is 1. The molecule has 0 radical (unpaired) electrons. The summed E-state index contributed by atoms with van der Waals surface area (Å²) in [6.07, 6.45) is 5.43. The van der Waals surface area contributed by atoms with Crippen LogP contribution in [0.2, 0.25) is 0 Å². The zero-order valence-electron chi connectivity index (χ0n) is 8.67. The topological polar surface area (TPSA) is 67.8 Å². The number of carbonyl (C=O) groups excluding carboxylic acids is 1. The van der Waals surface area contributed by atoms with Crippen LogP contribution in [0.15, 0.2) is 24.7 Å². The molecule has 6 heteroatoms. The van der Waals surface area contributed by atoms with Crippen LogP contribution in [0.4, 0.5) is 5.69 Å². The van der Waals surface area contributed by atoms with Crippen LogP contribution >= 0.6 is 11.5 Å². The molecule has 2 rings (SSSR count). The Balaban J connectivity index is 2.15. The summed E-state index contributed by atoms with van der Waals surface area (Å²) in [6.45, 7) is 2.00. The Bertz CT molecular complexity index is 483. The van der Waals surface area contributed by atoms with Crippen LogP contribution in [0.5, 0.6) is 0 Å². The van der Waals surface area contributed by atoms with Crippen LogP contribution in [0.3, 0.4) is 0 Å². The summed E-state index contributed by atoms with van der Waals surface area (Å²) < 4.78 is 4.01. The van der Waals surface area contributed by atoms with Crippen LogP contribution in [0.1, 0.15) is 22.2 Å². The van der Waals surface area contributed by atoms with Gasteiger partial charge in [0, 0.05) is 4.88 Å². The van der Waals surface area contributed by atoms with Gasteiger partial charge in [-0.3, -0.25) is 4.79 Å². The predicted octanol–water partition coefficient (Wildman–Crippen LogP) is 1.75. The summed E-state index contributed by atoms with van der Waals surface area (Å²) in [4.78, 5) is 12.8. The lowest BCUT2D eigenvalue weighted by Gasteiger charge is -2.03. The average Bonchev–Trinajstić information content (AvgIpc) is 2.78. The molecule has 0 atom stereocenters. The van der Waals surface area contributed by atoms with Crippen LogP contribution in [-0.4, -0.2) is 20.5 Å². The molecule has 0 aromatic carbocycles. The maximum Gasteiger partial charge on any atom is 0.258 e. The number of aryl methyl sites for hydroxylation is 1. The second kappa shape index (κ2) is 4.80. The molecule has 0 spiro atoms. The van der Waals surface area contributed by atoms with E-state index in [4.69, 9.17) is 0 Å². The van der Waals surface area contributed by atoms with Crippen molar-refractivity contribution in [3.05, 3.63) is 35.1 Å². The van der Waals surface area contributed by atoms with Crippen molar-refractivity contribution in [3.8, 4) is 0 Å². The summed E-state index contributed by atoms with van der Waals surface area (Å²) in [5.74, 6) is -0.154. The molecule has 0 saturated carbocycles. The van der Waals surface area contributed by atoms with Crippen molar-refractivity contribution >= 4 is 23.1 Å². The Kier molecular flexibility index (Phi) is 3.21. The molecule has 1 amide bonds. The highest BCUT2D eigenvalue weighted by atomic mass is 32.1. The number of nitrogens with one attached hydrogen (secondary N) is 1. The van der Waals surface area contributed by atoms with E-state index in [0.29, 0.717) is 11.3 Å². The molecule has 2 heterocycles. The quantitative estimate of drug-likeness (QED) is 0.878. The van der Waals surface area contributed by atoms with Gasteiger partial charge >= 0.3 is 0 Å². The van der Waals surface area contributed by atoms with Gasteiger partial charge in [-0.05, 0) is 24.0 Å². The summed E-state index contributed by atoms with van der Waals surface area (Å²) in [7, 11) is 0. The van der Waals surface area contributed by atoms with E-state index in [-0.39, 0.29) is 5.91 Å². The maximum absolute atomic E-state index is 11.9. The van der Waals surface area contributed by atoms with Crippen molar-refractivity contribution in [2.45, 2.75) is 13.3 Å². The van der Waals surface area contributed by atoms with E-state index in [9.17, 15) is 4.79 Å². The minimum atomic E-state index is -0.154. The minimum absolute atomic E-state index is 0.154. The number of hydrogen-bond donors (Lipinski definition) is 1. The van der Waals surface area contributed by atoms with Gasteiger partial charge in [0.25, 0.3) is 5.91 Å². The fraction of sp³-hybridized carbons (Fsp3) is 0.200. The molecule has 0 fully saturated rings. The predicted molar refractivity (Wildman–Crippen MR) is 61.5 cm³/mol. The number of carbonyl (C=O) groups is 1. The van der Waals surface area contributed by atoms with Gasteiger partial charge in [0.05, 0.1) is 29.8 Å². The lowest BCUT2D eigenvalue weighted by molar-refractivity contribution is 0.102. The third-order valence-corrected chi connectivity index (χ3v) is 2.99. The van der Waals surface area contributed by atoms with Crippen LogP contribution in [0.25, 0.3) is 0 Å². The minimum Gasteiger partial charge on any atom is -0.320 e. The van der Waals surface area contributed by atoms with Crippen molar-refractivity contribution in [2.75, 3.05) is 5.32 Å². The highest BCUT2D eigenvalue weighted by molar-refractivity contribution is 7.06. The molecule has 0 bridgehead atoms. The lowest BCUT2D eigenvalue weighted by atomic mass is 10.2. The van der Waals surface area contributed by atoms with Crippen molar-refractivity contribution < 1.29 is 4.79 Å². The van der Waals surface area contributed by atoms with Gasteiger partial charge in [0.2, 0.25) is 0 Å². The van der Waals surface area contributed by atoms with E-state index in [1.807, 2.05) is 6.92 Å². The van der Waals surface area contributed by atoms with Gasteiger partial charge in [-0.1, -0.05) is 6.92 Å². The molecule has 0 aliphatic rings. The molecule has 0 saturated heterocycles. The molecular formula is C10H10N4OS. The van der Waals surface area contributed by atoms with Gasteiger partial charge in [-0.2, -0.15) is 10.2 Å². The molecule has 2 aromatic rings. The number of anilines is 1. The molecule has 0 aliphatic heterocycles. The van der Waals surface area contributed by atoms with E-state index >= 15 is 0 Å². The zero-order valence-corrected chi connectivity index (χ0v) is 9.49. The fourth-order valence-electron chi connectivity index (χ4n) is 1.27. The third-order valence-electron chi connectivity index (χ3n) is 2.05. The first kappa shape index (κ1) is 10.7. The Morgan fingerprint density at radius 2 is 2.31 bits per heavy atom. The monoisotopic (exact) mass is 234 g/mol. The molecule has 2 aromatic heterocycles.